The Bertz CT molecular complexity index is 1110. The Kier molecular flexibility index (Phi) is 5.73. The molecule has 2 aromatic heterocycles. The number of carbonyl (C=O) groups is 1. The maximum absolute atomic E-state index is 13.1. The molecular weight excluding hydrogens is 365 g/mol. The van der Waals surface area contributed by atoms with E-state index in [2.05, 4.69) is 15.4 Å². The van der Waals surface area contributed by atoms with Gasteiger partial charge in [0.05, 0.1) is 12.0 Å². The summed E-state index contributed by atoms with van der Waals surface area (Å²) in [6, 6.07) is 8.49. The Morgan fingerprint density at radius 2 is 1.89 bits per heavy atom. The van der Waals surface area contributed by atoms with Gasteiger partial charge in [-0.1, -0.05) is 0 Å². The van der Waals surface area contributed by atoms with E-state index in [0.717, 1.165) is 4.68 Å². The Morgan fingerprint density at radius 3 is 2.64 bits per heavy atom. The molecule has 0 aliphatic rings. The summed E-state index contributed by atoms with van der Waals surface area (Å²) in [6.45, 7) is 1.86. The van der Waals surface area contributed by atoms with Crippen LogP contribution in [0.15, 0.2) is 58.5 Å². The standard InChI is InChI=1S/C19H18FN5O3/c1-13-10-21-12-24(19(13)28)9-8-22-17(26)11-25-18(27)7-6-16(23-25)14-2-4-15(20)5-3-14/h2-7,10,12H,8-9,11H2,1H3,(H,22,26). The highest BCUT2D eigenvalue weighted by atomic mass is 19.1. The zero-order chi connectivity index (χ0) is 20.1. The van der Waals surface area contributed by atoms with Crippen LogP contribution in [0.5, 0.6) is 0 Å². The highest BCUT2D eigenvalue weighted by Gasteiger charge is 2.08. The summed E-state index contributed by atoms with van der Waals surface area (Å²) in [5, 5.41) is 6.80. The van der Waals surface area contributed by atoms with Crippen molar-refractivity contribution in [2.45, 2.75) is 20.0 Å². The lowest BCUT2D eigenvalue weighted by atomic mass is 10.1. The maximum Gasteiger partial charge on any atom is 0.267 e. The summed E-state index contributed by atoms with van der Waals surface area (Å²) in [5.41, 5.74) is 0.989. The van der Waals surface area contributed by atoms with Gasteiger partial charge in [-0.05, 0) is 37.3 Å². The minimum absolute atomic E-state index is 0.172. The lowest BCUT2D eigenvalue weighted by Crippen LogP contribution is -2.36. The number of benzene rings is 1. The molecule has 1 amide bonds. The van der Waals surface area contributed by atoms with Gasteiger partial charge in [-0.25, -0.2) is 14.1 Å². The number of nitrogens with zero attached hydrogens (tertiary/aromatic N) is 4. The Labute approximate surface area is 159 Å². The van der Waals surface area contributed by atoms with Crippen LogP contribution in [0.25, 0.3) is 11.3 Å². The zero-order valence-corrected chi connectivity index (χ0v) is 15.1. The van der Waals surface area contributed by atoms with Crippen LogP contribution in [-0.4, -0.2) is 31.8 Å². The second-order valence-electron chi connectivity index (χ2n) is 6.15. The minimum Gasteiger partial charge on any atom is -0.353 e. The van der Waals surface area contributed by atoms with Crippen LogP contribution in [0.3, 0.4) is 0 Å². The number of amides is 1. The van der Waals surface area contributed by atoms with E-state index in [1.54, 1.807) is 19.1 Å². The quantitative estimate of drug-likeness (QED) is 0.677. The number of hydrogen-bond acceptors (Lipinski definition) is 5. The van der Waals surface area contributed by atoms with Crippen molar-refractivity contribution in [3.8, 4) is 11.3 Å². The molecule has 28 heavy (non-hydrogen) atoms. The van der Waals surface area contributed by atoms with Gasteiger partial charge in [0, 0.05) is 36.5 Å². The van der Waals surface area contributed by atoms with Crippen LogP contribution in [0.4, 0.5) is 4.39 Å². The molecule has 9 heteroatoms. The second-order valence-corrected chi connectivity index (χ2v) is 6.15. The summed E-state index contributed by atoms with van der Waals surface area (Å²) in [6.07, 6.45) is 2.88. The van der Waals surface area contributed by atoms with E-state index in [1.165, 1.54) is 41.4 Å². The van der Waals surface area contributed by atoms with Crippen molar-refractivity contribution in [2.24, 2.45) is 0 Å². The van der Waals surface area contributed by atoms with Gasteiger partial charge in [-0.2, -0.15) is 5.10 Å². The zero-order valence-electron chi connectivity index (χ0n) is 15.1. The predicted molar refractivity (Wildman–Crippen MR) is 100 cm³/mol. The number of carbonyl (C=O) groups excluding carboxylic acids is 1. The van der Waals surface area contributed by atoms with Gasteiger partial charge in [0.2, 0.25) is 5.91 Å². The maximum atomic E-state index is 13.1. The number of aryl methyl sites for hydroxylation is 1. The SMILES string of the molecule is Cc1cncn(CCNC(=O)Cn2nc(-c3ccc(F)cc3)ccc2=O)c1=O. The first-order valence-electron chi connectivity index (χ1n) is 8.56. The smallest absolute Gasteiger partial charge is 0.267 e. The second kappa shape index (κ2) is 8.38. The summed E-state index contributed by atoms with van der Waals surface area (Å²) >= 11 is 0. The highest BCUT2D eigenvalue weighted by molar-refractivity contribution is 5.75. The summed E-state index contributed by atoms with van der Waals surface area (Å²) in [7, 11) is 0. The van der Waals surface area contributed by atoms with Crippen molar-refractivity contribution in [1.29, 1.82) is 0 Å². The van der Waals surface area contributed by atoms with E-state index in [0.29, 0.717) is 16.8 Å². The molecule has 144 valence electrons. The van der Waals surface area contributed by atoms with Crippen LogP contribution in [0, 0.1) is 12.7 Å². The molecule has 0 aliphatic carbocycles. The summed E-state index contributed by atoms with van der Waals surface area (Å²) in [5.74, 6) is -0.793. The number of hydrogen-bond donors (Lipinski definition) is 1. The topological polar surface area (TPSA) is 98.9 Å². The molecule has 0 radical (unpaired) electrons. The predicted octanol–water partition coefficient (Wildman–Crippen LogP) is 0.731. The van der Waals surface area contributed by atoms with Gasteiger partial charge in [0.25, 0.3) is 11.1 Å². The average Bonchev–Trinajstić information content (AvgIpc) is 2.67. The molecule has 0 aliphatic heterocycles. The molecule has 2 heterocycles. The van der Waals surface area contributed by atoms with E-state index in [4.69, 9.17) is 0 Å². The van der Waals surface area contributed by atoms with Crippen molar-refractivity contribution in [3.05, 3.63) is 81.0 Å². The van der Waals surface area contributed by atoms with E-state index in [-0.39, 0.29) is 31.0 Å². The van der Waals surface area contributed by atoms with Crippen molar-refractivity contribution in [3.63, 3.8) is 0 Å². The third-order valence-corrected chi connectivity index (χ3v) is 4.05. The Balaban J connectivity index is 1.64. The number of halogens is 1. The van der Waals surface area contributed by atoms with E-state index >= 15 is 0 Å². The Morgan fingerprint density at radius 1 is 1.14 bits per heavy atom. The van der Waals surface area contributed by atoms with Crippen LogP contribution < -0.4 is 16.4 Å². The molecule has 0 atom stereocenters. The molecule has 0 saturated carbocycles. The fraction of sp³-hybridized carbons (Fsp3) is 0.211. The molecule has 3 aromatic rings. The van der Waals surface area contributed by atoms with Gasteiger partial charge in [0.1, 0.15) is 12.4 Å². The van der Waals surface area contributed by atoms with E-state index < -0.39 is 11.5 Å². The van der Waals surface area contributed by atoms with E-state index in [9.17, 15) is 18.8 Å². The normalized spacial score (nSPS) is 10.6. The lowest BCUT2D eigenvalue weighted by molar-refractivity contribution is -0.121. The minimum atomic E-state index is -0.430. The number of rotatable bonds is 6. The molecule has 3 rings (SSSR count). The molecular formula is C19H18FN5O3. The Hall–Kier alpha value is -3.62. The van der Waals surface area contributed by atoms with Crippen LogP contribution in [-0.2, 0) is 17.9 Å². The summed E-state index contributed by atoms with van der Waals surface area (Å²) < 4.78 is 15.5. The van der Waals surface area contributed by atoms with Gasteiger partial charge >= 0.3 is 0 Å². The first-order chi connectivity index (χ1) is 13.4. The fourth-order valence-electron chi connectivity index (χ4n) is 2.56. The molecule has 0 unspecified atom stereocenters. The molecule has 0 fully saturated rings. The molecule has 0 saturated heterocycles. The van der Waals surface area contributed by atoms with Crippen molar-refractivity contribution in [1.82, 2.24) is 24.6 Å². The van der Waals surface area contributed by atoms with Crippen LogP contribution in [0.1, 0.15) is 5.56 Å². The third-order valence-electron chi connectivity index (χ3n) is 4.05. The fourth-order valence-corrected chi connectivity index (χ4v) is 2.56. The van der Waals surface area contributed by atoms with Crippen LogP contribution in [0.2, 0.25) is 0 Å². The first-order valence-corrected chi connectivity index (χ1v) is 8.56. The number of nitrogens with one attached hydrogen (secondary N) is 1. The van der Waals surface area contributed by atoms with Gasteiger partial charge in [-0.3, -0.25) is 19.0 Å². The lowest BCUT2D eigenvalue weighted by Gasteiger charge is -2.09. The number of aromatic nitrogens is 4. The summed E-state index contributed by atoms with van der Waals surface area (Å²) in [4.78, 5) is 40.0. The van der Waals surface area contributed by atoms with Crippen molar-refractivity contribution < 1.29 is 9.18 Å². The van der Waals surface area contributed by atoms with Gasteiger partial charge in [-0.15, -0.1) is 0 Å². The van der Waals surface area contributed by atoms with Gasteiger partial charge in [0.15, 0.2) is 0 Å². The monoisotopic (exact) mass is 383 g/mol. The first kappa shape index (κ1) is 19.2. The van der Waals surface area contributed by atoms with Crippen molar-refractivity contribution in [2.75, 3.05) is 6.54 Å². The molecule has 8 nitrogen and oxygen atoms in total. The largest absolute Gasteiger partial charge is 0.353 e. The van der Waals surface area contributed by atoms with Crippen LogP contribution >= 0.6 is 0 Å². The average molecular weight is 383 g/mol. The van der Waals surface area contributed by atoms with Gasteiger partial charge < -0.3 is 5.32 Å². The molecule has 0 spiro atoms. The third kappa shape index (κ3) is 4.56. The molecule has 1 N–H and O–H groups in total. The highest BCUT2D eigenvalue weighted by Crippen LogP contribution is 2.15. The van der Waals surface area contributed by atoms with Crippen molar-refractivity contribution >= 4 is 5.91 Å². The molecule has 0 bridgehead atoms. The molecule has 1 aromatic carbocycles. The van der Waals surface area contributed by atoms with E-state index in [1.807, 2.05) is 0 Å².